The molecule has 2 amide bonds. The molecule has 0 aromatic carbocycles. The first kappa shape index (κ1) is 31.7. The van der Waals surface area contributed by atoms with E-state index < -0.39 is 11.9 Å². The van der Waals surface area contributed by atoms with Gasteiger partial charge in [0.2, 0.25) is 11.8 Å². The van der Waals surface area contributed by atoms with Crippen LogP contribution >= 0.6 is 11.8 Å². The summed E-state index contributed by atoms with van der Waals surface area (Å²) in [5, 5.41) is 29.0. The van der Waals surface area contributed by atoms with Crippen LogP contribution in [0.4, 0.5) is 0 Å². The number of aromatic amines is 1. The topological polar surface area (TPSA) is 161 Å². The smallest absolute Gasteiger partial charge is 0.307 e. The monoisotopic (exact) mass is 622 g/mol. The van der Waals surface area contributed by atoms with E-state index in [9.17, 15) is 29.4 Å². The number of amides is 2. The highest BCUT2D eigenvalue weighted by Gasteiger charge is 2.40. The number of carboxylic acids is 2. The summed E-state index contributed by atoms with van der Waals surface area (Å²) in [5.74, 6) is -0.863. The predicted octanol–water partition coefficient (Wildman–Crippen LogP) is 3.98. The quantitative estimate of drug-likeness (QED) is 0.191. The van der Waals surface area contributed by atoms with Gasteiger partial charge < -0.3 is 31.1 Å². The fourth-order valence-corrected chi connectivity index (χ4v) is 7.64. The number of hydrogen-bond donors (Lipinski definition) is 6. The van der Waals surface area contributed by atoms with Crippen LogP contribution in [0.1, 0.15) is 75.9 Å². The van der Waals surface area contributed by atoms with Crippen LogP contribution in [0.15, 0.2) is 39.8 Å². The zero-order chi connectivity index (χ0) is 31.9. The van der Waals surface area contributed by atoms with E-state index in [4.69, 9.17) is 0 Å². The highest BCUT2D eigenvalue weighted by Crippen LogP contribution is 2.42. The number of aliphatic carboxylic acids is 2. The number of carbonyl (C=O) groups excluding carboxylic acids is 2. The minimum atomic E-state index is -0.920. The highest BCUT2D eigenvalue weighted by molar-refractivity contribution is 8.07. The molecule has 0 bridgehead atoms. The van der Waals surface area contributed by atoms with Crippen molar-refractivity contribution in [2.45, 2.75) is 90.5 Å². The number of carboxylic acid groups (broad SMARTS) is 2. The standard InChI is InChI=1S/C33H42N4O6S/c1-6-19-17(4)32(42)37-25(19)12-23-16(3)21(8-10-30(40)41)27(35-23)13-26-20(7-9-29(38)39)15(2)22(34-26)11-24-18(5)31(28-14-44-28)33(43)36-24/h7,12,17,19,24,26,28,34-35H,6,8-11,13-14H2,1-5H3,(H,36,43)(H,37,42)(H,38,39)(H,40,41)/b20-7+,25-12-/t17-,19-,24-,26?,28-/m1/s1. The predicted molar refractivity (Wildman–Crippen MR) is 170 cm³/mol. The van der Waals surface area contributed by atoms with Crippen LogP contribution in [0.25, 0.3) is 6.08 Å². The number of thioether (sulfide) groups is 1. The number of H-pyrrole nitrogens is 1. The molecule has 10 nitrogen and oxygen atoms in total. The van der Waals surface area contributed by atoms with Gasteiger partial charge in [-0.2, -0.15) is 11.8 Å². The maximum atomic E-state index is 12.7. The van der Waals surface area contributed by atoms with Crippen molar-refractivity contribution in [3.63, 3.8) is 0 Å². The largest absolute Gasteiger partial charge is 0.481 e. The Morgan fingerprint density at radius 1 is 1.05 bits per heavy atom. The maximum Gasteiger partial charge on any atom is 0.307 e. The third kappa shape index (κ3) is 6.38. The molecule has 11 heteroatoms. The van der Waals surface area contributed by atoms with Crippen LogP contribution in [-0.4, -0.2) is 62.0 Å². The van der Waals surface area contributed by atoms with Gasteiger partial charge in [0.25, 0.3) is 0 Å². The van der Waals surface area contributed by atoms with E-state index in [1.165, 1.54) is 0 Å². The molecule has 5 rings (SSSR count). The zero-order valence-corrected chi connectivity index (χ0v) is 26.7. The number of nitrogens with one attached hydrogen (secondary N) is 4. The number of carbonyl (C=O) groups is 4. The van der Waals surface area contributed by atoms with Crippen molar-refractivity contribution in [1.82, 2.24) is 20.9 Å². The first-order valence-electron chi connectivity index (χ1n) is 15.4. The van der Waals surface area contributed by atoms with Gasteiger partial charge in [0.1, 0.15) is 0 Å². The molecule has 6 N–H and O–H groups in total. The Hall–Kier alpha value is -3.73. The summed E-state index contributed by atoms with van der Waals surface area (Å²) in [6.45, 7) is 9.96. The molecule has 236 valence electrons. The minimum Gasteiger partial charge on any atom is -0.481 e. The highest BCUT2D eigenvalue weighted by atomic mass is 32.2. The van der Waals surface area contributed by atoms with Crippen molar-refractivity contribution in [1.29, 1.82) is 0 Å². The van der Waals surface area contributed by atoms with Crippen molar-refractivity contribution >= 4 is 41.6 Å². The molecule has 0 spiro atoms. The summed E-state index contributed by atoms with van der Waals surface area (Å²) in [5.41, 5.74) is 9.22. The average Bonchev–Trinajstić information content (AvgIpc) is 3.53. The molecular weight excluding hydrogens is 580 g/mol. The molecule has 1 unspecified atom stereocenters. The van der Waals surface area contributed by atoms with Gasteiger partial charge in [-0.3, -0.25) is 19.2 Å². The number of rotatable bonds is 12. The summed E-state index contributed by atoms with van der Waals surface area (Å²) in [6.07, 6.45) is 5.81. The molecule has 4 aliphatic heterocycles. The Morgan fingerprint density at radius 3 is 2.41 bits per heavy atom. The van der Waals surface area contributed by atoms with Gasteiger partial charge in [0.05, 0.1) is 18.5 Å². The van der Waals surface area contributed by atoms with Crippen molar-refractivity contribution in [2.24, 2.45) is 11.8 Å². The van der Waals surface area contributed by atoms with Gasteiger partial charge in [0.15, 0.2) is 0 Å². The zero-order valence-electron chi connectivity index (χ0n) is 25.9. The molecule has 5 heterocycles. The Labute approximate surface area is 261 Å². The summed E-state index contributed by atoms with van der Waals surface area (Å²) >= 11 is 1.78. The molecule has 1 aromatic rings. The molecule has 0 aliphatic carbocycles. The van der Waals surface area contributed by atoms with E-state index >= 15 is 0 Å². The summed E-state index contributed by atoms with van der Waals surface area (Å²) in [6, 6.07) is -0.357. The molecule has 1 aromatic heterocycles. The van der Waals surface area contributed by atoms with Gasteiger partial charge in [-0.1, -0.05) is 19.9 Å². The molecule has 44 heavy (non-hydrogen) atoms. The number of aromatic nitrogens is 1. The van der Waals surface area contributed by atoms with Gasteiger partial charge in [-0.25, -0.2) is 0 Å². The third-order valence-corrected chi connectivity index (χ3v) is 10.5. The van der Waals surface area contributed by atoms with E-state index in [-0.39, 0.29) is 53.8 Å². The van der Waals surface area contributed by atoms with Gasteiger partial charge in [-0.15, -0.1) is 0 Å². The van der Waals surface area contributed by atoms with Crippen LogP contribution in [-0.2, 0) is 32.0 Å². The van der Waals surface area contributed by atoms with Crippen LogP contribution in [0.2, 0.25) is 0 Å². The van der Waals surface area contributed by atoms with Gasteiger partial charge in [0, 0.05) is 70.5 Å². The Bertz CT molecular complexity index is 1530. The second-order valence-corrected chi connectivity index (χ2v) is 13.6. The summed E-state index contributed by atoms with van der Waals surface area (Å²) in [7, 11) is 0. The Morgan fingerprint density at radius 2 is 1.77 bits per heavy atom. The molecule has 4 aliphatic rings. The lowest BCUT2D eigenvalue weighted by Crippen LogP contribution is -2.33. The van der Waals surface area contributed by atoms with Gasteiger partial charge in [-0.05, 0) is 67.5 Å². The lowest BCUT2D eigenvalue weighted by molar-refractivity contribution is -0.137. The van der Waals surface area contributed by atoms with Crippen LogP contribution in [0, 0.1) is 18.8 Å². The summed E-state index contributed by atoms with van der Waals surface area (Å²) in [4.78, 5) is 51.8. The molecule has 5 atom stereocenters. The van der Waals surface area contributed by atoms with E-state index in [0.717, 1.165) is 68.4 Å². The molecular formula is C33H42N4O6S. The summed E-state index contributed by atoms with van der Waals surface area (Å²) < 4.78 is 0. The lowest BCUT2D eigenvalue weighted by Gasteiger charge is -2.18. The average molecular weight is 623 g/mol. The van der Waals surface area contributed by atoms with Crippen molar-refractivity contribution in [3.8, 4) is 0 Å². The van der Waals surface area contributed by atoms with Crippen LogP contribution < -0.4 is 16.0 Å². The second kappa shape index (κ2) is 12.7. The second-order valence-electron chi connectivity index (χ2n) is 12.3. The van der Waals surface area contributed by atoms with Crippen molar-refractivity contribution in [3.05, 3.63) is 62.3 Å². The molecule has 2 fully saturated rings. The normalized spacial score (nSPS) is 28.2. The minimum absolute atomic E-state index is 0.00156. The van der Waals surface area contributed by atoms with Gasteiger partial charge >= 0.3 is 11.9 Å². The molecule has 0 radical (unpaired) electrons. The Balaban J connectivity index is 1.45. The number of allylic oxidation sites excluding steroid dienone is 1. The van der Waals surface area contributed by atoms with Crippen molar-refractivity contribution < 1.29 is 29.4 Å². The van der Waals surface area contributed by atoms with Crippen molar-refractivity contribution in [2.75, 3.05) is 5.75 Å². The lowest BCUT2D eigenvalue weighted by atomic mass is 9.91. The van der Waals surface area contributed by atoms with E-state index in [1.54, 1.807) is 17.8 Å². The fraction of sp³-hybridized carbons (Fsp3) is 0.515. The first-order chi connectivity index (χ1) is 20.9. The Kier molecular flexibility index (Phi) is 9.15. The van der Waals surface area contributed by atoms with Crippen LogP contribution in [0.5, 0.6) is 0 Å². The first-order valence-corrected chi connectivity index (χ1v) is 16.4. The van der Waals surface area contributed by atoms with E-state index in [0.29, 0.717) is 19.3 Å². The maximum absolute atomic E-state index is 12.7. The number of hydrogen-bond acceptors (Lipinski definition) is 6. The van der Waals surface area contributed by atoms with Crippen LogP contribution in [0.3, 0.4) is 0 Å². The SMILES string of the molecule is CC[C@H]1/C(=C/c2[nH]c(CC3NC(C[C@H]4NC(=O)C([C@H]5CS5)=C4C)=C(C)/C3=C\CC(=O)O)c(CCC(=O)O)c2C)NC(=O)[C@@H]1C. The molecule has 2 saturated heterocycles. The molecule has 0 saturated carbocycles. The fourth-order valence-electron chi connectivity index (χ4n) is 6.92. The van der Waals surface area contributed by atoms with E-state index in [2.05, 4.69) is 27.9 Å². The third-order valence-electron chi connectivity index (χ3n) is 9.59. The van der Waals surface area contributed by atoms with E-state index in [1.807, 2.05) is 33.8 Å².